The lowest BCUT2D eigenvalue weighted by molar-refractivity contribution is 1.45. The van der Waals surface area contributed by atoms with E-state index in [1.54, 1.807) is 0 Å². The van der Waals surface area contributed by atoms with Crippen LogP contribution in [0.15, 0.2) is 48.5 Å². The lowest BCUT2D eigenvalue weighted by atomic mass is 10.1. The van der Waals surface area contributed by atoms with Crippen LogP contribution < -0.4 is 10.4 Å². The van der Waals surface area contributed by atoms with Gasteiger partial charge in [-0.25, -0.2) is 0 Å². The van der Waals surface area contributed by atoms with Crippen LogP contribution in [0.2, 0.25) is 0 Å². The van der Waals surface area contributed by atoms with Crippen molar-refractivity contribution < 1.29 is 0 Å². The molecule has 0 saturated heterocycles. The Morgan fingerprint density at radius 1 is 0.812 bits per heavy atom. The zero-order valence-corrected chi connectivity index (χ0v) is 9.77. The van der Waals surface area contributed by atoms with Crippen molar-refractivity contribution in [2.45, 2.75) is 13.8 Å². The fourth-order valence-corrected chi connectivity index (χ4v) is 1.75. The Bertz CT molecular complexity index is 574. The van der Waals surface area contributed by atoms with Crippen LogP contribution in [-0.2, 0) is 0 Å². The standard InChI is InChI=1S/C16H16/c1-3-15-6-4-5-7-16(15)12-14-10-8-13(2)9-11-14/h3-12H,1-2H3/b15-3-,16-12+. The molecule has 0 aliphatic rings. The van der Waals surface area contributed by atoms with Crippen LogP contribution in [0.25, 0.3) is 12.2 Å². The lowest BCUT2D eigenvalue weighted by Crippen LogP contribution is -2.23. The molecule has 0 unspecified atom stereocenters. The van der Waals surface area contributed by atoms with Gasteiger partial charge in [0.15, 0.2) is 0 Å². The zero-order chi connectivity index (χ0) is 11.4. The maximum Gasteiger partial charge on any atom is -0.0181 e. The normalized spacial score (nSPS) is 13.1. The molecule has 0 saturated carbocycles. The summed E-state index contributed by atoms with van der Waals surface area (Å²) in [6.07, 6.45) is 4.36. The van der Waals surface area contributed by atoms with E-state index in [9.17, 15) is 0 Å². The van der Waals surface area contributed by atoms with E-state index >= 15 is 0 Å². The topological polar surface area (TPSA) is 0 Å². The molecule has 0 aliphatic carbocycles. The van der Waals surface area contributed by atoms with E-state index in [-0.39, 0.29) is 0 Å². The third-order valence-electron chi connectivity index (χ3n) is 2.71. The van der Waals surface area contributed by atoms with E-state index in [1.807, 2.05) is 0 Å². The van der Waals surface area contributed by atoms with Gasteiger partial charge in [-0.05, 0) is 35.9 Å². The van der Waals surface area contributed by atoms with Crippen molar-refractivity contribution in [1.82, 2.24) is 0 Å². The molecule has 2 rings (SSSR count). The fraction of sp³-hybridized carbons (Fsp3) is 0.125. The van der Waals surface area contributed by atoms with Crippen LogP contribution in [0, 0.1) is 6.92 Å². The van der Waals surface area contributed by atoms with Gasteiger partial charge in [0.25, 0.3) is 0 Å². The maximum atomic E-state index is 2.22. The van der Waals surface area contributed by atoms with Crippen LogP contribution in [-0.4, -0.2) is 0 Å². The molecule has 0 nitrogen and oxygen atoms in total. The van der Waals surface area contributed by atoms with E-state index in [4.69, 9.17) is 0 Å². The Morgan fingerprint density at radius 3 is 2.06 bits per heavy atom. The molecule has 0 N–H and O–H groups in total. The Hall–Kier alpha value is -1.82. The number of rotatable bonds is 1. The van der Waals surface area contributed by atoms with E-state index in [1.165, 1.54) is 21.6 Å². The van der Waals surface area contributed by atoms with Crippen LogP contribution in [0.4, 0.5) is 0 Å². The first-order chi connectivity index (χ1) is 7.79. The minimum Gasteiger partial charge on any atom is -0.0798 e. The molecule has 0 bridgehead atoms. The summed E-state index contributed by atoms with van der Waals surface area (Å²) in [7, 11) is 0. The Morgan fingerprint density at radius 2 is 1.44 bits per heavy atom. The lowest BCUT2D eigenvalue weighted by Gasteiger charge is -1.95. The molecule has 2 aromatic carbocycles. The molecule has 0 atom stereocenters. The van der Waals surface area contributed by atoms with Gasteiger partial charge in [-0.15, -0.1) is 0 Å². The van der Waals surface area contributed by atoms with E-state index in [2.05, 4.69) is 74.5 Å². The molecule has 16 heavy (non-hydrogen) atoms. The van der Waals surface area contributed by atoms with Crippen molar-refractivity contribution in [2.24, 2.45) is 0 Å². The first-order valence-electron chi connectivity index (χ1n) is 5.59. The van der Waals surface area contributed by atoms with Gasteiger partial charge < -0.3 is 0 Å². The van der Waals surface area contributed by atoms with Crippen molar-refractivity contribution in [1.29, 1.82) is 0 Å². The number of aryl methyl sites for hydroxylation is 1. The van der Waals surface area contributed by atoms with Gasteiger partial charge in [-0.1, -0.05) is 60.2 Å². The highest BCUT2D eigenvalue weighted by molar-refractivity contribution is 5.50. The highest BCUT2D eigenvalue weighted by Gasteiger charge is 1.88. The van der Waals surface area contributed by atoms with Gasteiger partial charge in [0.05, 0.1) is 0 Å². The van der Waals surface area contributed by atoms with Gasteiger partial charge in [0.2, 0.25) is 0 Å². The van der Waals surface area contributed by atoms with Crippen LogP contribution in [0.3, 0.4) is 0 Å². The predicted octanol–water partition coefficient (Wildman–Crippen LogP) is 2.62. The molecule has 0 spiro atoms. The van der Waals surface area contributed by atoms with Gasteiger partial charge in [0.1, 0.15) is 0 Å². The third-order valence-corrected chi connectivity index (χ3v) is 2.71. The zero-order valence-electron chi connectivity index (χ0n) is 9.77. The van der Waals surface area contributed by atoms with Crippen LogP contribution in [0.5, 0.6) is 0 Å². The first kappa shape index (κ1) is 10.7. The minimum atomic E-state index is 1.25. The van der Waals surface area contributed by atoms with Gasteiger partial charge in [-0.2, -0.15) is 0 Å². The van der Waals surface area contributed by atoms with Crippen molar-refractivity contribution in [3.05, 3.63) is 70.1 Å². The molecule has 0 aliphatic heterocycles. The summed E-state index contributed by atoms with van der Waals surface area (Å²) in [6.45, 7) is 4.18. The predicted molar refractivity (Wildman–Crippen MR) is 70.6 cm³/mol. The molecule has 80 valence electrons. The largest absolute Gasteiger partial charge is 0.0798 e. The van der Waals surface area contributed by atoms with E-state index in [0.29, 0.717) is 0 Å². The van der Waals surface area contributed by atoms with Gasteiger partial charge >= 0.3 is 0 Å². The molecule has 0 fully saturated rings. The highest BCUT2D eigenvalue weighted by Crippen LogP contribution is 2.02. The van der Waals surface area contributed by atoms with Gasteiger partial charge in [0, 0.05) is 0 Å². The average Bonchev–Trinajstić information content (AvgIpc) is 2.33. The van der Waals surface area contributed by atoms with Crippen LogP contribution >= 0.6 is 0 Å². The summed E-state index contributed by atoms with van der Waals surface area (Å²) in [5, 5.41) is 2.55. The summed E-state index contributed by atoms with van der Waals surface area (Å²) in [6, 6.07) is 17.0. The second-order valence-electron chi connectivity index (χ2n) is 3.97. The van der Waals surface area contributed by atoms with E-state index < -0.39 is 0 Å². The summed E-state index contributed by atoms with van der Waals surface area (Å²) in [4.78, 5) is 0. The van der Waals surface area contributed by atoms with Crippen molar-refractivity contribution >= 4 is 12.2 Å². The third kappa shape index (κ3) is 2.40. The second kappa shape index (κ2) is 4.80. The Labute approximate surface area is 96.6 Å². The Kier molecular flexibility index (Phi) is 3.21. The summed E-state index contributed by atoms with van der Waals surface area (Å²) in [5.74, 6) is 0. The number of benzene rings is 2. The average molecular weight is 208 g/mol. The molecule has 2 aromatic rings. The number of hydrogen-bond acceptors (Lipinski definition) is 0. The second-order valence-corrected chi connectivity index (χ2v) is 3.97. The molecular formula is C16H16. The Balaban J connectivity index is 2.56. The molecule has 0 aromatic heterocycles. The molecule has 0 radical (unpaired) electrons. The monoisotopic (exact) mass is 208 g/mol. The molecule has 0 amide bonds. The van der Waals surface area contributed by atoms with Gasteiger partial charge in [-0.3, -0.25) is 0 Å². The minimum absolute atomic E-state index is 1.25. The van der Waals surface area contributed by atoms with E-state index in [0.717, 1.165) is 0 Å². The molecule has 0 heterocycles. The summed E-state index contributed by atoms with van der Waals surface area (Å²) in [5.41, 5.74) is 2.55. The smallest absolute Gasteiger partial charge is 0.0181 e. The molecular weight excluding hydrogens is 192 g/mol. The quantitative estimate of drug-likeness (QED) is 0.676. The number of hydrogen-bond donors (Lipinski definition) is 0. The highest BCUT2D eigenvalue weighted by atomic mass is 13.9. The fourth-order valence-electron chi connectivity index (χ4n) is 1.75. The molecule has 0 heteroatoms. The van der Waals surface area contributed by atoms with Crippen LogP contribution in [0.1, 0.15) is 18.1 Å². The van der Waals surface area contributed by atoms with Crippen molar-refractivity contribution in [3.8, 4) is 0 Å². The van der Waals surface area contributed by atoms with Crippen molar-refractivity contribution in [3.63, 3.8) is 0 Å². The maximum absolute atomic E-state index is 2.22. The SMILES string of the molecule is C/C=c1/cccc/c1=C\c1ccc(C)cc1. The first-order valence-corrected chi connectivity index (χ1v) is 5.59. The summed E-state index contributed by atoms with van der Waals surface area (Å²) < 4.78 is 0. The van der Waals surface area contributed by atoms with Crippen molar-refractivity contribution in [2.75, 3.05) is 0 Å². The summed E-state index contributed by atoms with van der Waals surface area (Å²) >= 11 is 0.